The molecule has 3 rings (SSSR count). The number of hydrogen-bond donors (Lipinski definition) is 1. The highest BCUT2D eigenvalue weighted by Crippen LogP contribution is 2.27. The Hall–Kier alpha value is -3.07. The molecule has 138 valence electrons. The predicted octanol–water partition coefficient (Wildman–Crippen LogP) is 3.29. The summed E-state index contributed by atoms with van der Waals surface area (Å²) in [6.45, 7) is 1.73. The van der Waals surface area contributed by atoms with E-state index in [0.717, 1.165) is 0 Å². The number of nitro benzene ring substituents is 1. The summed E-state index contributed by atoms with van der Waals surface area (Å²) in [5, 5.41) is 21.6. The van der Waals surface area contributed by atoms with Gasteiger partial charge in [-0.15, -0.1) is 5.10 Å². The van der Waals surface area contributed by atoms with Crippen LogP contribution in [0.5, 0.6) is 0 Å². The zero-order chi connectivity index (χ0) is 19.4. The summed E-state index contributed by atoms with van der Waals surface area (Å²) in [5.74, 6) is -0.610. The van der Waals surface area contributed by atoms with Gasteiger partial charge in [0.1, 0.15) is 5.82 Å². The van der Waals surface area contributed by atoms with E-state index in [1.165, 1.54) is 30.0 Å². The third-order valence-corrected chi connectivity index (χ3v) is 5.00. The Kier molecular flexibility index (Phi) is 5.60. The second kappa shape index (κ2) is 8.09. The molecule has 0 aromatic heterocycles. The van der Waals surface area contributed by atoms with Crippen molar-refractivity contribution in [3.63, 3.8) is 0 Å². The van der Waals surface area contributed by atoms with Crippen molar-refractivity contribution in [2.24, 2.45) is 10.2 Å². The first-order valence-corrected chi connectivity index (χ1v) is 8.90. The summed E-state index contributed by atoms with van der Waals surface area (Å²) in [7, 11) is 0. The van der Waals surface area contributed by atoms with Gasteiger partial charge in [0, 0.05) is 18.1 Å². The zero-order valence-corrected chi connectivity index (χ0v) is 15.1. The number of amides is 1. The van der Waals surface area contributed by atoms with Gasteiger partial charge in [-0.05, 0) is 24.6 Å². The molecule has 1 fully saturated rings. The van der Waals surface area contributed by atoms with E-state index >= 15 is 0 Å². The van der Waals surface area contributed by atoms with Crippen LogP contribution in [0.15, 0.2) is 58.7 Å². The molecule has 2 aromatic carbocycles. The van der Waals surface area contributed by atoms with E-state index in [9.17, 15) is 19.3 Å². The normalized spacial score (nSPS) is 18.6. The predicted molar refractivity (Wildman–Crippen MR) is 102 cm³/mol. The van der Waals surface area contributed by atoms with Gasteiger partial charge in [-0.1, -0.05) is 42.1 Å². The van der Waals surface area contributed by atoms with Crippen LogP contribution < -0.4 is 5.32 Å². The average molecular weight is 386 g/mol. The van der Waals surface area contributed by atoms with Crippen molar-refractivity contribution in [2.75, 3.05) is 0 Å². The minimum atomic E-state index is -0.522. The maximum Gasteiger partial charge on any atom is 0.272 e. The highest BCUT2D eigenvalue weighted by Gasteiger charge is 2.32. The Labute approximate surface area is 158 Å². The van der Waals surface area contributed by atoms with Crippen LogP contribution in [-0.2, 0) is 11.2 Å². The molecule has 1 aliphatic rings. The lowest BCUT2D eigenvalue weighted by atomic mass is 10.1. The lowest BCUT2D eigenvalue weighted by Crippen LogP contribution is -2.26. The van der Waals surface area contributed by atoms with Crippen molar-refractivity contribution in [2.45, 2.75) is 18.6 Å². The summed E-state index contributed by atoms with van der Waals surface area (Å²) in [6, 6.07) is 12.2. The summed E-state index contributed by atoms with van der Waals surface area (Å²) >= 11 is 1.17. The highest BCUT2D eigenvalue weighted by molar-refractivity contribution is 8.15. The van der Waals surface area contributed by atoms with Crippen LogP contribution in [0.3, 0.4) is 0 Å². The van der Waals surface area contributed by atoms with Crippen LogP contribution in [-0.4, -0.2) is 27.0 Å². The Bertz CT molecular complexity index is 944. The SMILES string of the molecule is C/C(=N\N=C1/NC(=O)[C@H](Cc2ccccc2[N+](=O)[O-])S1)c1ccc(F)cc1. The minimum Gasteiger partial charge on any atom is -0.303 e. The molecule has 7 nitrogen and oxygen atoms in total. The first-order chi connectivity index (χ1) is 12.9. The second-order valence-corrected chi connectivity index (χ2v) is 6.97. The highest BCUT2D eigenvalue weighted by atomic mass is 32.2. The number of carbonyl (C=O) groups excluding carboxylic acids is 1. The molecular formula is C18H15FN4O3S. The number of halogens is 1. The third-order valence-electron chi connectivity index (χ3n) is 3.92. The fraction of sp³-hybridized carbons (Fsp3) is 0.167. The molecule has 9 heteroatoms. The number of thioether (sulfide) groups is 1. The fourth-order valence-corrected chi connectivity index (χ4v) is 3.46. The molecule has 2 aromatic rings. The topological polar surface area (TPSA) is 97.0 Å². The van der Waals surface area contributed by atoms with E-state index in [-0.39, 0.29) is 23.8 Å². The van der Waals surface area contributed by atoms with Crippen LogP contribution in [0, 0.1) is 15.9 Å². The van der Waals surface area contributed by atoms with Crippen LogP contribution in [0.4, 0.5) is 10.1 Å². The van der Waals surface area contributed by atoms with E-state index in [2.05, 4.69) is 15.5 Å². The molecule has 27 heavy (non-hydrogen) atoms. The number of para-hydroxylation sites is 1. The van der Waals surface area contributed by atoms with Crippen molar-refractivity contribution < 1.29 is 14.1 Å². The number of carbonyl (C=O) groups is 1. The molecule has 0 unspecified atom stereocenters. The molecule has 0 radical (unpaired) electrons. The smallest absolute Gasteiger partial charge is 0.272 e. The van der Waals surface area contributed by atoms with Gasteiger partial charge in [-0.25, -0.2) is 4.39 Å². The number of hydrogen-bond acceptors (Lipinski definition) is 6. The van der Waals surface area contributed by atoms with E-state index in [1.54, 1.807) is 37.3 Å². The lowest BCUT2D eigenvalue weighted by Gasteiger charge is -2.05. The summed E-state index contributed by atoms with van der Waals surface area (Å²) in [4.78, 5) is 22.8. The van der Waals surface area contributed by atoms with Gasteiger partial charge in [0.15, 0.2) is 5.17 Å². The van der Waals surface area contributed by atoms with E-state index in [1.807, 2.05) is 0 Å². The molecule has 0 spiro atoms. The molecule has 1 amide bonds. The molecule has 0 bridgehead atoms. The number of nitro groups is 1. The van der Waals surface area contributed by atoms with E-state index in [0.29, 0.717) is 22.0 Å². The second-order valence-electron chi connectivity index (χ2n) is 5.78. The summed E-state index contributed by atoms with van der Waals surface area (Å²) < 4.78 is 13.0. The Morgan fingerprint density at radius 1 is 1.26 bits per heavy atom. The molecule has 1 atom stereocenters. The van der Waals surface area contributed by atoms with Crippen LogP contribution in [0.25, 0.3) is 0 Å². The summed E-state index contributed by atoms with van der Waals surface area (Å²) in [6.07, 6.45) is 0.216. The van der Waals surface area contributed by atoms with Gasteiger partial charge in [-0.2, -0.15) is 5.10 Å². The van der Waals surface area contributed by atoms with Crippen molar-refractivity contribution in [3.05, 3.63) is 75.6 Å². The van der Waals surface area contributed by atoms with Crippen LogP contribution >= 0.6 is 11.8 Å². The Morgan fingerprint density at radius 3 is 2.67 bits per heavy atom. The van der Waals surface area contributed by atoms with Gasteiger partial charge in [0.05, 0.1) is 15.9 Å². The van der Waals surface area contributed by atoms with Gasteiger partial charge >= 0.3 is 0 Å². The maximum absolute atomic E-state index is 13.0. The van der Waals surface area contributed by atoms with E-state index < -0.39 is 10.2 Å². The number of benzene rings is 2. The average Bonchev–Trinajstić information content (AvgIpc) is 3.00. The first kappa shape index (κ1) is 18.7. The van der Waals surface area contributed by atoms with Crippen molar-refractivity contribution in [1.82, 2.24) is 5.32 Å². The zero-order valence-electron chi connectivity index (χ0n) is 14.3. The van der Waals surface area contributed by atoms with Crippen LogP contribution in [0.2, 0.25) is 0 Å². The molecule has 1 N–H and O–H groups in total. The molecule has 1 saturated heterocycles. The molecular weight excluding hydrogens is 371 g/mol. The van der Waals surface area contributed by atoms with Gasteiger partial charge in [0.25, 0.3) is 5.69 Å². The molecule has 0 saturated carbocycles. The van der Waals surface area contributed by atoms with E-state index in [4.69, 9.17) is 0 Å². The Balaban J connectivity index is 1.72. The molecule has 0 aliphatic carbocycles. The largest absolute Gasteiger partial charge is 0.303 e. The van der Waals surface area contributed by atoms with Crippen molar-refractivity contribution in [3.8, 4) is 0 Å². The molecule has 1 aliphatic heterocycles. The van der Waals surface area contributed by atoms with Crippen molar-refractivity contribution in [1.29, 1.82) is 0 Å². The quantitative estimate of drug-likeness (QED) is 0.484. The van der Waals surface area contributed by atoms with Crippen molar-refractivity contribution >= 4 is 34.2 Å². The number of nitrogens with zero attached hydrogens (tertiary/aromatic N) is 3. The molecule has 1 heterocycles. The van der Waals surface area contributed by atoms with Gasteiger partial charge in [0.2, 0.25) is 5.91 Å². The number of amidine groups is 1. The third kappa shape index (κ3) is 4.56. The standard InChI is InChI=1S/C18H15FN4O3S/c1-11(12-6-8-14(19)9-7-12)21-22-18-20-17(24)16(27-18)10-13-4-2-3-5-15(13)23(25)26/h2-9,16H,10H2,1H3,(H,20,22,24)/b21-11+/t16-/m0/s1. The fourth-order valence-electron chi connectivity index (χ4n) is 2.52. The summed E-state index contributed by atoms with van der Waals surface area (Å²) in [5.41, 5.74) is 1.76. The lowest BCUT2D eigenvalue weighted by molar-refractivity contribution is -0.385. The number of nitrogens with one attached hydrogen (secondary N) is 1. The first-order valence-electron chi connectivity index (χ1n) is 8.02. The monoisotopic (exact) mass is 386 g/mol. The minimum absolute atomic E-state index is 0.0125. The van der Waals surface area contributed by atoms with Gasteiger partial charge < -0.3 is 5.32 Å². The van der Waals surface area contributed by atoms with Gasteiger partial charge in [-0.3, -0.25) is 14.9 Å². The maximum atomic E-state index is 13.0. The van der Waals surface area contributed by atoms with Crippen LogP contribution in [0.1, 0.15) is 18.1 Å². The Morgan fingerprint density at radius 2 is 1.96 bits per heavy atom. The number of rotatable bonds is 5.